The summed E-state index contributed by atoms with van der Waals surface area (Å²) >= 11 is 0. The molecule has 92 valence electrons. The average Bonchev–Trinajstić information content (AvgIpc) is 2.35. The smallest absolute Gasteiger partial charge is 0.407 e. The lowest BCUT2D eigenvalue weighted by atomic mass is 10.1. The standard InChI is InChI=1S/C10H12FN3O3/c1-17-10(15)13-5-7-3-2-6(4-8(7)11)9(12)14-16/h2-4,16H,5H2,1H3,(H2,12,14)(H,13,15). The van der Waals surface area contributed by atoms with Crippen molar-refractivity contribution < 1.29 is 19.1 Å². The molecule has 0 radical (unpaired) electrons. The summed E-state index contributed by atoms with van der Waals surface area (Å²) in [5, 5.41) is 13.5. The molecule has 4 N–H and O–H groups in total. The molecule has 0 bridgehead atoms. The van der Waals surface area contributed by atoms with Gasteiger partial charge in [-0.05, 0) is 6.07 Å². The van der Waals surface area contributed by atoms with E-state index in [2.05, 4.69) is 15.2 Å². The molecule has 0 fully saturated rings. The summed E-state index contributed by atoms with van der Waals surface area (Å²) in [6.45, 7) is -0.00500. The molecular formula is C10H12FN3O3. The third-order valence-electron chi connectivity index (χ3n) is 2.07. The van der Waals surface area contributed by atoms with Crippen molar-refractivity contribution in [2.75, 3.05) is 7.11 Å². The second-order valence-corrected chi connectivity index (χ2v) is 3.14. The molecule has 1 amide bonds. The molecule has 7 heteroatoms. The first-order valence-electron chi connectivity index (χ1n) is 4.66. The number of benzene rings is 1. The van der Waals surface area contributed by atoms with Crippen molar-refractivity contribution in [2.24, 2.45) is 10.9 Å². The molecule has 0 aliphatic heterocycles. The van der Waals surface area contributed by atoms with Crippen LogP contribution in [0.4, 0.5) is 9.18 Å². The van der Waals surface area contributed by atoms with Gasteiger partial charge in [-0.3, -0.25) is 0 Å². The number of amidine groups is 1. The van der Waals surface area contributed by atoms with E-state index in [0.717, 1.165) is 6.07 Å². The van der Waals surface area contributed by atoms with Crippen LogP contribution in [0.1, 0.15) is 11.1 Å². The van der Waals surface area contributed by atoms with Gasteiger partial charge >= 0.3 is 6.09 Å². The zero-order valence-electron chi connectivity index (χ0n) is 9.11. The fourth-order valence-corrected chi connectivity index (χ4v) is 1.15. The van der Waals surface area contributed by atoms with Crippen LogP contribution in [-0.2, 0) is 11.3 Å². The van der Waals surface area contributed by atoms with E-state index in [4.69, 9.17) is 10.9 Å². The lowest BCUT2D eigenvalue weighted by Crippen LogP contribution is -2.23. The number of rotatable bonds is 3. The maximum Gasteiger partial charge on any atom is 0.407 e. The summed E-state index contributed by atoms with van der Waals surface area (Å²) in [4.78, 5) is 10.8. The van der Waals surface area contributed by atoms with Crippen molar-refractivity contribution >= 4 is 11.9 Å². The van der Waals surface area contributed by atoms with Gasteiger partial charge in [-0.15, -0.1) is 0 Å². The van der Waals surface area contributed by atoms with Crippen molar-refractivity contribution in [3.8, 4) is 0 Å². The Labute approximate surface area is 96.9 Å². The van der Waals surface area contributed by atoms with Crippen LogP contribution < -0.4 is 11.1 Å². The van der Waals surface area contributed by atoms with E-state index in [9.17, 15) is 9.18 Å². The highest BCUT2D eigenvalue weighted by molar-refractivity contribution is 5.97. The Kier molecular flexibility index (Phi) is 4.27. The minimum atomic E-state index is -0.648. The molecule has 0 unspecified atom stereocenters. The van der Waals surface area contributed by atoms with Crippen LogP contribution in [0.25, 0.3) is 0 Å². The Morgan fingerprint density at radius 2 is 2.35 bits per heavy atom. The number of nitrogens with zero attached hydrogens (tertiary/aromatic N) is 1. The van der Waals surface area contributed by atoms with Crippen molar-refractivity contribution in [1.82, 2.24) is 5.32 Å². The number of methoxy groups -OCH3 is 1. The molecule has 6 nitrogen and oxygen atoms in total. The Bertz CT molecular complexity index is 448. The summed E-state index contributed by atoms with van der Waals surface area (Å²) in [5.41, 5.74) is 5.83. The quantitative estimate of drug-likeness (QED) is 0.315. The number of hydrogen-bond donors (Lipinski definition) is 3. The van der Waals surface area contributed by atoms with Crippen LogP contribution in [0.3, 0.4) is 0 Å². The third-order valence-corrected chi connectivity index (χ3v) is 2.07. The number of nitrogens with one attached hydrogen (secondary N) is 1. The van der Waals surface area contributed by atoms with Gasteiger partial charge in [-0.25, -0.2) is 9.18 Å². The first kappa shape index (κ1) is 12.8. The zero-order chi connectivity index (χ0) is 12.8. The van der Waals surface area contributed by atoms with E-state index in [0.29, 0.717) is 0 Å². The molecule has 0 atom stereocenters. The highest BCUT2D eigenvalue weighted by atomic mass is 19.1. The molecule has 1 aromatic rings. The second kappa shape index (κ2) is 5.69. The van der Waals surface area contributed by atoms with Crippen LogP contribution >= 0.6 is 0 Å². The number of carbonyl (C=O) groups excluding carboxylic acids is 1. The van der Waals surface area contributed by atoms with Gasteiger partial charge in [0.15, 0.2) is 5.84 Å². The van der Waals surface area contributed by atoms with Crippen molar-refractivity contribution in [1.29, 1.82) is 0 Å². The maximum atomic E-state index is 13.5. The summed E-state index contributed by atoms with van der Waals surface area (Å²) < 4.78 is 17.9. The summed E-state index contributed by atoms with van der Waals surface area (Å²) in [6.07, 6.45) is -0.648. The Balaban J connectivity index is 2.80. The fraction of sp³-hybridized carbons (Fsp3) is 0.200. The lowest BCUT2D eigenvalue weighted by Gasteiger charge is -2.06. The van der Waals surface area contributed by atoms with Gasteiger partial charge in [-0.1, -0.05) is 17.3 Å². The van der Waals surface area contributed by atoms with E-state index in [1.807, 2.05) is 0 Å². The van der Waals surface area contributed by atoms with Gasteiger partial charge < -0.3 is 21.0 Å². The number of alkyl carbamates (subject to hydrolysis) is 1. The van der Waals surface area contributed by atoms with Crippen LogP contribution in [0.15, 0.2) is 23.4 Å². The summed E-state index contributed by atoms with van der Waals surface area (Å²) in [6, 6.07) is 4.02. The molecule has 0 aromatic heterocycles. The molecule has 0 spiro atoms. The topological polar surface area (TPSA) is 96.9 Å². The number of oxime groups is 1. The molecule has 0 aliphatic rings. The third kappa shape index (κ3) is 3.33. The van der Waals surface area contributed by atoms with E-state index in [1.54, 1.807) is 0 Å². The normalized spacial score (nSPS) is 11.1. The van der Waals surface area contributed by atoms with Crippen molar-refractivity contribution in [3.05, 3.63) is 35.1 Å². The predicted molar refractivity (Wildman–Crippen MR) is 58.2 cm³/mol. The number of ether oxygens (including phenoxy) is 1. The highest BCUT2D eigenvalue weighted by Crippen LogP contribution is 2.10. The Morgan fingerprint density at radius 3 is 2.88 bits per heavy atom. The molecule has 1 aromatic carbocycles. The maximum absolute atomic E-state index is 13.5. The van der Waals surface area contributed by atoms with E-state index in [1.165, 1.54) is 19.2 Å². The average molecular weight is 241 g/mol. The predicted octanol–water partition coefficient (Wildman–Crippen LogP) is 0.776. The fourth-order valence-electron chi connectivity index (χ4n) is 1.15. The van der Waals surface area contributed by atoms with Gasteiger partial charge in [0.1, 0.15) is 5.82 Å². The zero-order valence-corrected chi connectivity index (χ0v) is 9.11. The highest BCUT2D eigenvalue weighted by Gasteiger charge is 2.07. The summed E-state index contributed by atoms with van der Waals surface area (Å²) in [7, 11) is 1.22. The van der Waals surface area contributed by atoms with Crippen LogP contribution in [0.5, 0.6) is 0 Å². The van der Waals surface area contributed by atoms with Gasteiger partial charge in [0.2, 0.25) is 0 Å². The monoisotopic (exact) mass is 241 g/mol. The number of carbonyl (C=O) groups is 1. The second-order valence-electron chi connectivity index (χ2n) is 3.14. The lowest BCUT2D eigenvalue weighted by molar-refractivity contribution is 0.170. The molecule has 0 saturated heterocycles. The molecule has 0 saturated carbocycles. The number of halogens is 1. The largest absolute Gasteiger partial charge is 0.453 e. The van der Waals surface area contributed by atoms with Gasteiger partial charge in [0, 0.05) is 17.7 Å². The SMILES string of the molecule is COC(=O)NCc1ccc(C(N)=NO)cc1F. The number of nitrogens with two attached hydrogens (primary N) is 1. The van der Waals surface area contributed by atoms with Crippen LogP contribution in [0, 0.1) is 5.82 Å². The van der Waals surface area contributed by atoms with Gasteiger partial charge in [0.25, 0.3) is 0 Å². The summed E-state index contributed by atoms with van der Waals surface area (Å²) in [5.74, 6) is -0.748. The molecule has 0 heterocycles. The minimum Gasteiger partial charge on any atom is -0.453 e. The number of amides is 1. The van der Waals surface area contributed by atoms with Gasteiger partial charge in [0.05, 0.1) is 7.11 Å². The first-order valence-corrected chi connectivity index (χ1v) is 4.66. The molecule has 17 heavy (non-hydrogen) atoms. The Morgan fingerprint density at radius 1 is 1.65 bits per heavy atom. The van der Waals surface area contributed by atoms with E-state index >= 15 is 0 Å². The minimum absolute atomic E-state index is 0.00500. The van der Waals surface area contributed by atoms with E-state index < -0.39 is 11.9 Å². The first-order chi connectivity index (χ1) is 8.08. The molecule has 0 aliphatic carbocycles. The van der Waals surface area contributed by atoms with Crippen LogP contribution in [-0.4, -0.2) is 24.2 Å². The van der Waals surface area contributed by atoms with Crippen molar-refractivity contribution in [3.63, 3.8) is 0 Å². The van der Waals surface area contributed by atoms with E-state index in [-0.39, 0.29) is 23.5 Å². The molecular weight excluding hydrogens is 229 g/mol. The van der Waals surface area contributed by atoms with Crippen molar-refractivity contribution in [2.45, 2.75) is 6.54 Å². The van der Waals surface area contributed by atoms with Gasteiger partial charge in [-0.2, -0.15) is 0 Å². The Hall–Kier alpha value is -2.31. The molecule has 1 rings (SSSR count). The van der Waals surface area contributed by atoms with Crippen LogP contribution in [0.2, 0.25) is 0 Å². The number of hydrogen-bond acceptors (Lipinski definition) is 4.